The van der Waals surface area contributed by atoms with Crippen LogP contribution in [0.1, 0.15) is 64.2 Å². The minimum absolute atomic E-state index is 0.00775. The summed E-state index contributed by atoms with van der Waals surface area (Å²) in [6, 6.07) is -0.347. The van der Waals surface area contributed by atoms with Crippen molar-refractivity contribution in [2.75, 3.05) is 0 Å². The van der Waals surface area contributed by atoms with E-state index in [1.165, 1.54) is 11.3 Å². The number of hydrogen-bond donors (Lipinski definition) is 1. The summed E-state index contributed by atoms with van der Waals surface area (Å²) in [5.41, 5.74) is 5.52. The maximum absolute atomic E-state index is 12.9. The summed E-state index contributed by atoms with van der Waals surface area (Å²) in [6.07, 6.45) is 9.73. The van der Waals surface area contributed by atoms with Crippen LogP contribution in [0.2, 0.25) is 0 Å². The Morgan fingerprint density at radius 2 is 1.76 bits per heavy atom. The summed E-state index contributed by atoms with van der Waals surface area (Å²) in [6.45, 7) is 0. The number of carbonyl (C=O) groups excluding carboxylic acids is 2. The molecule has 3 fully saturated rings. The second kappa shape index (κ2) is 5.67. The van der Waals surface area contributed by atoms with E-state index in [0.717, 1.165) is 51.4 Å². The zero-order valence-electron chi connectivity index (χ0n) is 12.5. The zero-order valence-corrected chi connectivity index (χ0v) is 13.3. The van der Waals surface area contributed by atoms with Crippen LogP contribution in [0.25, 0.3) is 0 Å². The largest absolute Gasteiger partial charge is 0.392 e. The van der Waals surface area contributed by atoms with Gasteiger partial charge >= 0.3 is 0 Å². The highest BCUT2D eigenvalue weighted by molar-refractivity contribution is 7.80. The van der Waals surface area contributed by atoms with Crippen LogP contribution >= 0.6 is 12.2 Å². The maximum Gasteiger partial charge on any atom is 0.236 e. The summed E-state index contributed by atoms with van der Waals surface area (Å²) < 4.78 is 0. The monoisotopic (exact) mass is 308 g/mol. The number of nitrogens with two attached hydrogens (primary N) is 1. The molecule has 2 saturated carbocycles. The van der Waals surface area contributed by atoms with Gasteiger partial charge in [-0.2, -0.15) is 0 Å². The van der Waals surface area contributed by atoms with Gasteiger partial charge in [0.2, 0.25) is 11.8 Å². The molecule has 3 rings (SSSR count). The van der Waals surface area contributed by atoms with E-state index in [0.29, 0.717) is 11.4 Å². The van der Waals surface area contributed by atoms with E-state index in [9.17, 15) is 9.59 Å². The van der Waals surface area contributed by atoms with E-state index in [1.54, 1.807) is 0 Å². The lowest BCUT2D eigenvalue weighted by molar-refractivity contribution is -0.143. The summed E-state index contributed by atoms with van der Waals surface area (Å²) in [4.78, 5) is 27.2. The molecule has 0 aromatic rings. The quantitative estimate of drug-likeness (QED) is 0.643. The fraction of sp³-hybridized carbons (Fsp3) is 0.812. The number of rotatable bonds is 3. The molecule has 5 heteroatoms. The van der Waals surface area contributed by atoms with Crippen molar-refractivity contribution in [1.29, 1.82) is 0 Å². The minimum atomic E-state index is -0.422. The van der Waals surface area contributed by atoms with Crippen LogP contribution in [-0.4, -0.2) is 27.7 Å². The van der Waals surface area contributed by atoms with Crippen LogP contribution in [0.4, 0.5) is 0 Å². The number of carbonyl (C=O) groups is 2. The Bertz CT molecular complexity index is 465. The number of hydrogen-bond acceptors (Lipinski definition) is 3. The third-order valence-electron chi connectivity index (χ3n) is 5.66. The number of amides is 2. The number of likely N-dealkylation sites (tertiary alicyclic amines) is 1. The van der Waals surface area contributed by atoms with Gasteiger partial charge in [0.05, 0.1) is 16.4 Å². The molecule has 1 atom stereocenters. The Morgan fingerprint density at radius 1 is 1.14 bits per heavy atom. The molecule has 0 bridgehead atoms. The summed E-state index contributed by atoms with van der Waals surface area (Å²) >= 11 is 5.24. The van der Waals surface area contributed by atoms with Crippen LogP contribution < -0.4 is 5.73 Å². The maximum atomic E-state index is 12.9. The molecule has 4 nitrogen and oxygen atoms in total. The Hall–Kier alpha value is -0.970. The average Bonchev–Trinajstić information content (AvgIpc) is 3.01. The van der Waals surface area contributed by atoms with E-state index in [1.807, 2.05) is 0 Å². The molecule has 2 aliphatic carbocycles. The fourth-order valence-electron chi connectivity index (χ4n) is 4.56. The molecular formula is C16H24N2O2S. The first-order chi connectivity index (χ1) is 10.1. The van der Waals surface area contributed by atoms with Crippen molar-refractivity contribution in [2.24, 2.45) is 17.1 Å². The third-order valence-corrected chi connectivity index (χ3v) is 5.90. The summed E-state index contributed by atoms with van der Waals surface area (Å²) in [7, 11) is 0. The van der Waals surface area contributed by atoms with E-state index in [-0.39, 0.29) is 23.8 Å². The van der Waals surface area contributed by atoms with Crippen molar-refractivity contribution in [3.05, 3.63) is 0 Å². The third kappa shape index (κ3) is 2.50. The van der Waals surface area contributed by atoms with E-state index < -0.39 is 5.41 Å². The van der Waals surface area contributed by atoms with Crippen LogP contribution in [0, 0.1) is 11.3 Å². The van der Waals surface area contributed by atoms with E-state index in [2.05, 4.69) is 0 Å². The predicted octanol–water partition coefficient (Wildman–Crippen LogP) is 2.54. The van der Waals surface area contributed by atoms with Crippen molar-refractivity contribution in [3.63, 3.8) is 0 Å². The molecule has 0 radical (unpaired) electrons. The lowest BCUT2D eigenvalue weighted by Crippen LogP contribution is -2.52. The Kier molecular flexibility index (Phi) is 4.04. The smallest absolute Gasteiger partial charge is 0.236 e. The first kappa shape index (κ1) is 14.9. The van der Waals surface area contributed by atoms with Crippen molar-refractivity contribution in [1.82, 2.24) is 4.90 Å². The predicted molar refractivity (Wildman–Crippen MR) is 84.5 cm³/mol. The van der Waals surface area contributed by atoms with Crippen LogP contribution in [0.5, 0.6) is 0 Å². The molecule has 1 heterocycles. The van der Waals surface area contributed by atoms with E-state index >= 15 is 0 Å². The standard InChI is InChI=1S/C16H24N2O2S/c17-14(21)13(11-6-2-1-3-7-11)18-12(19)10-16(15(18)20)8-4-5-9-16/h11,13H,1-10H2,(H2,17,21). The molecule has 1 unspecified atom stereocenters. The van der Waals surface area contributed by atoms with Gasteiger partial charge in [0, 0.05) is 6.42 Å². The SMILES string of the molecule is NC(=S)C(C1CCCCC1)N1C(=O)CC2(CCCC2)C1=O. The normalized spacial score (nSPS) is 27.5. The van der Waals surface area contributed by atoms with Gasteiger partial charge in [-0.25, -0.2) is 0 Å². The van der Waals surface area contributed by atoms with Gasteiger partial charge in [0.25, 0.3) is 0 Å². The first-order valence-electron chi connectivity index (χ1n) is 8.21. The Labute approximate surface area is 131 Å². The van der Waals surface area contributed by atoms with Gasteiger partial charge in [-0.3, -0.25) is 14.5 Å². The van der Waals surface area contributed by atoms with Gasteiger partial charge in [-0.05, 0) is 31.6 Å². The molecule has 21 heavy (non-hydrogen) atoms. The highest BCUT2D eigenvalue weighted by atomic mass is 32.1. The van der Waals surface area contributed by atoms with Crippen LogP contribution in [0.15, 0.2) is 0 Å². The highest BCUT2D eigenvalue weighted by Gasteiger charge is 2.55. The molecule has 0 aromatic heterocycles. The second-order valence-corrected chi connectivity index (χ2v) is 7.45. The van der Waals surface area contributed by atoms with Crippen molar-refractivity contribution < 1.29 is 9.59 Å². The Morgan fingerprint density at radius 3 is 2.33 bits per heavy atom. The molecular weight excluding hydrogens is 284 g/mol. The minimum Gasteiger partial charge on any atom is -0.392 e. The topological polar surface area (TPSA) is 63.4 Å². The molecule has 1 saturated heterocycles. The van der Waals surface area contributed by atoms with Gasteiger partial charge in [-0.1, -0.05) is 44.3 Å². The Balaban J connectivity index is 1.86. The lowest BCUT2D eigenvalue weighted by Gasteiger charge is -2.35. The van der Waals surface area contributed by atoms with Gasteiger partial charge < -0.3 is 5.73 Å². The van der Waals surface area contributed by atoms with E-state index in [4.69, 9.17) is 18.0 Å². The van der Waals surface area contributed by atoms with Gasteiger partial charge in [-0.15, -0.1) is 0 Å². The molecule has 3 aliphatic rings. The number of thiocarbonyl (C=S) groups is 1. The van der Waals surface area contributed by atoms with Crippen LogP contribution in [0.3, 0.4) is 0 Å². The molecule has 2 amide bonds. The van der Waals surface area contributed by atoms with Gasteiger partial charge in [0.1, 0.15) is 0 Å². The average molecular weight is 308 g/mol. The second-order valence-electron chi connectivity index (χ2n) is 6.98. The molecule has 1 aliphatic heterocycles. The van der Waals surface area contributed by atoms with Crippen molar-refractivity contribution in [2.45, 2.75) is 70.3 Å². The van der Waals surface area contributed by atoms with Crippen molar-refractivity contribution >= 4 is 29.0 Å². The molecule has 1 spiro atoms. The number of imide groups is 1. The number of nitrogens with zero attached hydrogens (tertiary/aromatic N) is 1. The highest BCUT2D eigenvalue weighted by Crippen LogP contribution is 2.48. The lowest BCUT2D eigenvalue weighted by atomic mass is 9.82. The summed E-state index contributed by atoms with van der Waals surface area (Å²) in [5.74, 6) is 0.222. The first-order valence-corrected chi connectivity index (χ1v) is 8.62. The van der Waals surface area contributed by atoms with Crippen molar-refractivity contribution in [3.8, 4) is 0 Å². The molecule has 2 N–H and O–H groups in total. The van der Waals surface area contributed by atoms with Gasteiger partial charge in [0.15, 0.2) is 0 Å². The molecule has 116 valence electrons. The van der Waals surface area contributed by atoms with Crippen LogP contribution in [-0.2, 0) is 9.59 Å². The fourth-order valence-corrected chi connectivity index (χ4v) is 4.86. The molecule has 0 aromatic carbocycles. The summed E-state index contributed by atoms with van der Waals surface area (Å²) in [5, 5.41) is 0. The zero-order chi connectivity index (χ0) is 15.0.